The number of aromatic nitrogens is 1. The number of hydrogen-bond donors (Lipinski definition) is 2. The van der Waals surface area contributed by atoms with E-state index in [9.17, 15) is 0 Å². The van der Waals surface area contributed by atoms with Crippen molar-refractivity contribution in [1.29, 1.82) is 0 Å². The molecule has 1 heterocycles. The molecule has 0 atom stereocenters. The summed E-state index contributed by atoms with van der Waals surface area (Å²) in [5.74, 6) is 0. The zero-order chi connectivity index (χ0) is 7.72. The van der Waals surface area contributed by atoms with Gasteiger partial charge in [0.15, 0.2) is 0 Å². The monoisotopic (exact) mass is 157 g/mol. The molecule has 0 aliphatic heterocycles. The molecule has 4 N–H and O–H groups in total. The fraction of sp³-hybridized carbons (Fsp3) is 0.167. The van der Waals surface area contributed by atoms with E-state index in [2.05, 4.69) is 4.98 Å². The highest BCUT2D eigenvalue weighted by molar-refractivity contribution is 6.34. The summed E-state index contributed by atoms with van der Waals surface area (Å²) >= 11 is 5.72. The Balaban J connectivity index is 3.34. The van der Waals surface area contributed by atoms with Gasteiger partial charge in [0.05, 0.1) is 28.3 Å². The first-order valence-corrected chi connectivity index (χ1v) is 3.16. The van der Waals surface area contributed by atoms with Crippen molar-refractivity contribution in [3.05, 3.63) is 16.9 Å². The van der Waals surface area contributed by atoms with Gasteiger partial charge in [-0.25, -0.2) is 0 Å². The fourth-order valence-electron chi connectivity index (χ4n) is 0.614. The summed E-state index contributed by atoms with van der Waals surface area (Å²) in [5, 5.41) is 0.444. The molecule has 3 nitrogen and oxygen atoms in total. The van der Waals surface area contributed by atoms with Crippen LogP contribution in [0.5, 0.6) is 0 Å². The van der Waals surface area contributed by atoms with Crippen molar-refractivity contribution in [2.45, 2.75) is 6.92 Å². The van der Waals surface area contributed by atoms with E-state index < -0.39 is 0 Å². The maximum Gasteiger partial charge on any atom is 0.0869 e. The van der Waals surface area contributed by atoms with Crippen molar-refractivity contribution in [3.63, 3.8) is 0 Å². The molecule has 0 fully saturated rings. The molecule has 1 aromatic rings. The lowest BCUT2D eigenvalue weighted by Gasteiger charge is -2.02. The summed E-state index contributed by atoms with van der Waals surface area (Å²) in [6.07, 6.45) is 1.50. The maximum absolute atomic E-state index is 5.72. The minimum absolute atomic E-state index is 0.411. The molecule has 0 saturated heterocycles. The average Bonchev–Trinajstić information content (AvgIpc) is 1.93. The standard InChI is InChI=1S/C6H8ClN3/c1-3-5(7)6(9)4(8)2-10-3/h2H,8H2,1H3,(H2,9,10). The highest BCUT2D eigenvalue weighted by Crippen LogP contribution is 2.25. The van der Waals surface area contributed by atoms with Crippen LogP contribution >= 0.6 is 11.6 Å². The average molecular weight is 158 g/mol. The van der Waals surface area contributed by atoms with E-state index in [4.69, 9.17) is 23.1 Å². The van der Waals surface area contributed by atoms with Crippen LogP contribution in [0, 0.1) is 6.92 Å². The lowest BCUT2D eigenvalue weighted by Crippen LogP contribution is -1.98. The van der Waals surface area contributed by atoms with E-state index in [0.29, 0.717) is 22.1 Å². The number of halogens is 1. The number of aryl methyl sites for hydroxylation is 1. The van der Waals surface area contributed by atoms with Crippen molar-refractivity contribution in [1.82, 2.24) is 4.98 Å². The van der Waals surface area contributed by atoms with E-state index in [-0.39, 0.29) is 0 Å². The summed E-state index contributed by atoms with van der Waals surface area (Å²) in [7, 11) is 0. The third-order valence-corrected chi connectivity index (χ3v) is 1.74. The Bertz CT molecular complexity index is 232. The predicted octanol–water partition coefficient (Wildman–Crippen LogP) is 1.21. The first-order valence-electron chi connectivity index (χ1n) is 2.79. The Hall–Kier alpha value is -0.960. The second kappa shape index (κ2) is 2.34. The van der Waals surface area contributed by atoms with Crippen molar-refractivity contribution in [3.8, 4) is 0 Å². The van der Waals surface area contributed by atoms with Gasteiger partial charge in [-0.15, -0.1) is 0 Å². The Labute approximate surface area is 64.0 Å². The van der Waals surface area contributed by atoms with E-state index in [1.807, 2.05) is 0 Å². The third-order valence-electron chi connectivity index (χ3n) is 1.26. The van der Waals surface area contributed by atoms with Crippen LogP contribution in [-0.4, -0.2) is 4.98 Å². The summed E-state index contributed by atoms with van der Waals surface area (Å²) in [6, 6.07) is 0. The van der Waals surface area contributed by atoms with Gasteiger partial charge in [0.25, 0.3) is 0 Å². The van der Waals surface area contributed by atoms with Crippen LogP contribution in [0.25, 0.3) is 0 Å². The second-order valence-electron chi connectivity index (χ2n) is 2.03. The molecule has 0 aromatic carbocycles. The molecule has 0 unspecified atom stereocenters. The third kappa shape index (κ3) is 0.998. The lowest BCUT2D eigenvalue weighted by molar-refractivity contribution is 1.21. The van der Waals surface area contributed by atoms with Crippen molar-refractivity contribution in [2.75, 3.05) is 11.5 Å². The second-order valence-corrected chi connectivity index (χ2v) is 2.40. The molecule has 0 aliphatic rings. The minimum atomic E-state index is 0.411. The molecule has 0 aliphatic carbocycles. The molecule has 10 heavy (non-hydrogen) atoms. The highest BCUT2D eigenvalue weighted by atomic mass is 35.5. The maximum atomic E-state index is 5.72. The number of nitrogens with two attached hydrogens (primary N) is 2. The van der Waals surface area contributed by atoms with Gasteiger partial charge in [-0.05, 0) is 6.92 Å². The van der Waals surface area contributed by atoms with Crippen molar-refractivity contribution < 1.29 is 0 Å². The molecule has 1 aromatic heterocycles. The van der Waals surface area contributed by atoms with Gasteiger partial charge in [-0.2, -0.15) is 0 Å². The number of pyridine rings is 1. The molecule has 54 valence electrons. The zero-order valence-electron chi connectivity index (χ0n) is 5.56. The summed E-state index contributed by atoms with van der Waals surface area (Å²) < 4.78 is 0. The highest BCUT2D eigenvalue weighted by Gasteiger charge is 2.03. The van der Waals surface area contributed by atoms with Gasteiger partial charge in [0.2, 0.25) is 0 Å². The molecule has 0 radical (unpaired) electrons. The largest absolute Gasteiger partial charge is 0.396 e. The summed E-state index contributed by atoms with van der Waals surface area (Å²) in [4.78, 5) is 3.90. The first-order chi connectivity index (χ1) is 4.63. The van der Waals surface area contributed by atoms with Crippen LogP contribution in [-0.2, 0) is 0 Å². The molecule has 0 saturated carbocycles. The zero-order valence-corrected chi connectivity index (χ0v) is 6.31. The van der Waals surface area contributed by atoms with Gasteiger partial charge in [-0.1, -0.05) is 11.6 Å². The molecule has 0 amide bonds. The predicted molar refractivity (Wildman–Crippen MR) is 42.8 cm³/mol. The molecule has 1 rings (SSSR count). The number of anilines is 2. The van der Waals surface area contributed by atoms with Gasteiger partial charge < -0.3 is 11.5 Å². The molecule has 0 bridgehead atoms. The van der Waals surface area contributed by atoms with Crippen LogP contribution < -0.4 is 11.5 Å². The lowest BCUT2D eigenvalue weighted by atomic mass is 10.3. The number of nitrogen functional groups attached to an aromatic ring is 2. The topological polar surface area (TPSA) is 64.9 Å². The van der Waals surface area contributed by atoms with Gasteiger partial charge >= 0.3 is 0 Å². The van der Waals surface area contributed by atoms with Crippen LogP contribution in [0.15, 0.2) is 6.20 Å². The smallest absolute Gasteiger partial charge is 0.0869 e. The first kappa shape index (κ1) is 7.15. The number of hydrogen-bond acceptors (Lipinski definition) is 3. The molecule has 4 heteroatoms. The van der Waals surface area contributed by atoms with Crippen LogP contribution in [0.2, 0.25) is 5.02 Å². The van der Waals surface area contributed by atoms with Crippen molar-refractivity contribution in [2.24, 2.45) is 0 Å². The van der Waals surface area contributed by atoms with E-state index >= 15 is 0 Å². The van der Waals surface area contributed by atoms with Gasteiger partial charge in [-0.3, -0.25) is 4.98 Å². The number of rotatable bonds is 0. The summed E-state index contributed by atoms with van der Waals surface area (Å²) in [5.41, 5.74) is 12.4. The Morgan fingerprint density at radius 3 is 2.60 bits per heavy atom. The van der Waals surface area contributed by atoms with E-state index in [0.717, 1.165) is 0 Å². The Morgan fingerprint density at radius 1 is 1.50 bits per heavy atom. The van der Waals surface area contributed by atoms with E-state index in [1.54, 1.807) is 6.92 Å². The van der Waals surface area contributed by atoms with Crippen LogP contribution in [0.3, 0.4) is 0 Å². The number of nitrogens with zero attached hydrogens (tertiary/aromatic N) is 1. The van der Waals surface area contributed by atoms with Gasteiger partial charge in [0.1, 0.15) is 0 Å². The Morgan fingerprint density at radius 2 is 2.10 bits per heavy atom. The molecular formula is C6H8ClN3. The van der Waals surface area contributed by atoms with Crippen LogP contribution in [0.4, 0.5) is 11.4 Å². The minimum Gasteiger partial charge on any atom is -0.396 e. The quantitative estimate of drug-likeness (QED) is 0.595. The van der Waals surface area contributed by atoms with Gasteiger partial charge in [0, 0.05) is 0 Å². The summed E-state index contributed by atoms with van der Waals surface area (Å²) in [6.45, 7) is 1.78. The Kier molecular flexibility index (Phi) is 1.68. The van der Waals surface area contributed by atoms with Crippen molar-refractivity contribution >= 4 is 23.0 Å². The fourth-order valence-corrected chi connectivity index (χ4v) is 0.772. The normalized spacial score (nSPS) is 9.80. The SMILES string of the molecule is Cc1ncc(N)c(N)c1Cl. The van der Waals surface area contributed by atoms with E-state index in [1.165, 1.54) is 6.20 Å². The van der Waals surface area contributed by atoms with Crippen LogP contribution in [0.1, 0.15) is 5.69 Å². The molecular weight excluding hydrogens is 150 g/mol. The molecule has 0 spiro atoms.